The topological polar surface area (TPSA) is 12.0 Å². The molecule has 1 atom stereocenters. The Hall–Kier alpha value is 0.310. The molecule has 1 saturated carbocycles. The summed E-state index contributed by atoms with van der Waals surface area (Å²) in [5.41, 5.74) is 0. The van der Waals surface area contributed by atoms with Crippen LogP contribution in [-0.2, 0) is 0 Å². The van der Waals surface area contributed by atoms with Crippen LogP contribution in [-0.4, -0.2) is 24.6 Å². The van der Waals surface area contributed by atoms with Gasteiger partial charge >= 0.3 is 0 Å². The van der Waals surface area contributed by atoms with Gasteiger partial charge in [-0.05, 0) is 38.0 Å². The van der Waals surface area contributed by atoms with Crippen molar-refractivity contribution in [2.45, 2.75) is 51.5 Å². The first-order valence-corrected chi connectivity index (χ1v) is 7.29. The molecule has 0 spiro atoms. The van der Waals surface area contributed by atoms with Crippen LogP contribution < -0.4 is 5.32 Å². The van der Waals surface area contributed by atoms with Crippen LogP contribution in [0.4, 0.5) is 0 Å². The van der Waals surface area contributed by atoms with Gasteiger partial charge in [-0.3, -0.25) is 0 Å². The monoisotopic (exact) mass is 215 g/mol. The second kappa shape index (κ2) is 7.58. The molecule has 1 fully saturated rings. The summed E-state index contributed by atoms with van der Waals surface area (Å²) in [6, 6.07) is 0.770. The molecule has 1 unspecified atom stereocenters. The van der Waals surface area contributed by atoms with Crippen molar-refractivity contribution in [1.29, 1.82) is 0 Å². The summed E-state index contributed by atoms with van der Waals surface area (Å²) >= 11 is 2.12. The minimum atomic E-state index is 0.770. The first-order chi connectivity index (χ1) is 6.88. The van der Waals surface area contributed by atoms with E-state index in [1.807, 2.05) is 0 Å². The van der Waals surface area contributed by atoms with Gasteiger partial charge in [-0.2, -0.15) is 11.8 Å². The Kier molecular flexibility index (Phi) is 6.70. The van der Waals surface area contributed by atoms with Gasteiger partial charge in [0.1, 0.15) is 0 Å². The summed E-state index contributed by atoms with van der Waals surface area (Å²) in [7, 11) is 2.13. The molecular weight excluding hydrogens is 190 g/mol. The van der Waals surface area contributed by atoms with Crippen LogP contribution >= 0.6 is 11.8 Å². The Labute approximate surface area is 93.4 Å². The highest BCUT2D eigenvalue weighted by Gasteiger charge is 2.21. The Balaban J connectivity index is 2.21. The van der Waals surface area contributed by atoms with Crippen LogP contribution in [0, 0.1) is 5.92 Å². The van der Waals surface area contributed by atoms with E-state index in [0.717, 1.165) is 12.0 Å². The molecule has 0 saturated heterocycles. The van der Waals surface area contributed by atoms with Crippen molar-refractivity contribution in [1.82, 2.24) is 5.32 Å². The third kappa shape index (κ3) is 4.22. The van der Waals surface area contributed by atoms with Crippen molar-refractivity contribution in [2.24, 2.45) is 5.92 Å². The molecular formula is C12H25NS. The highest BCUT2D eigenvalue weighted by Crippen LogP contribution is 2.27. The highest BCUT2D eigenvalue weighted by molar-refractivity contribution is 7.99. The molecule has 0 aromatic heterocycles. The molecule has 1 rings (SSSR count). The van der Waals surface area contributed by atoms with Gasteiger partial charge in [-0.25, -0.2) is 0 Å². The lowest BCUT2D eigenvalue weighted by atomic mass is 9.84. The normalized spacial score (nSPS) is 21.0. The van der Waals surface area contributed by atoms with E-state index in [2.05, 4.69) is 31.1 Å². The summed E-state index contributed by atoms with van der Waals surface area (Å²) in [4.78, 5) is 0. The van der Waals surface area contributed by atoms with Crippen LogP contribution in [0.15, 0.2) is 0 Å². The van der Waals surface area contributed by atoms with Gasteiger partial charge in [-0.1, -0.05) is 26.2 Å². The molecule has 1 aliphatic carbocycles. The maximum absolute atomic E-state index is 3.51. The van der Waals surface area contributed by atoms with E-state index in [-0.39, 0.29) is 0 Å². The third-order valence-corrected chi connectivity index (χ3v) is 4.53. The first-order valence-electron chi connectivity index (χ1n) is 6.13. The van der Waals surface area contributed by atoms with Gasteiger partial charge < -0.3 is 5.32 Å². The highest BCUT2D eigenvalue weighted by atomic mass is 32.2. The summed E-state index contributed by atoms with van der Waals surface area (Å²) in [5.74, 6) is 3.60. The summed E-state index contributed by atoms with van der Waals surface area (Å²) in [6.45, 7) is 2.27. The molecule has 0 bridgehead atoms. The lowest BCUT2D eigenvalue weighted by Gasteiger charge is -2.29. The maximum atomic E-state index is 3.51. The molecule has 0 aliphatic heterocycles. The predicted molar refractivity (Wildman–Crippen MR) is 67.0 cm³/mol. The number of thioether (sulfide) groups is 1. The van der Waals surface area contributed by atoms with E-state index >= 15 is 0 Å². The lowest BCUT2D eigenvalue weighted by molar-refractivity contribution is 0.294. The standard InChI is InChI=1S/C12H25NS/c1-3-9-14-10-12(13-2)11-7-5-4-6-8-11/h11-13H,3-10H2,1-2H3. The summed E-state index contributed by atoms with van der Waals surface area (Å²) in [5, 5.41) is 3.51. The van der Waals surface area contributed by atoms with E-state index in [4.69, 9.17) is 0 Å². The van der Waals surface area contributed by atoms with Gasteiger partial charge in [0.15, 0.2) is 0 Å². The van der Waals surface area contributed by atoms with Crippen LogP contribution in [0.3, 0.4) is 0 Å². The van der Waals surface area contributed by atoms with Crippen molar-refractivity contribution >= 4 is 11.8 Å². The summed E-state index contributed by atoms with van der Waals surface area (Å²) < 4.78 is 0. The molecule has 0 amide bonds. The third-order valence-electron chi connectivity index (χ3n) is 3.24. The Morgan fingerprint density at radius 2 is 2.00 bits per heavy atom. The Morgan fingerprint density at radius 3 is 2.57 bits per heavy atom. The SMILES string of the molecule is CCCSCC(NC)C1CCCCC1. The molecule has 2 heteroatoms. The van der Waals surface area contributed by atoms with Gasteiger partial charge in [-0.15, -0.1) is 0 Å². The van der Waals surface area contributed by atoms with Crippen LogP contribution in [0.5, 0.6) is 0 Å². The van der Waals surface area contributed by atoms with E-state index in [1.54, 1.807) is 0 Å². The van der Waals surface area contributed by atoms with Crippen molar-refractivity contribution in [2.75, 3.05) is 18.6 Å². The molecule has 0 aromatic rings. The van der Waals surface area contributed by atoms with Crippen LogP contribution in [0.2, 0.25) is 0 Å². The first kappa shape index (κ1) is 12.4. The number of hydrogen-bond acceptors (Lipinski definition) is 2. The van der Waals surface area contributed by atoms with Gasteiger partial charge in [0.2, 0.25) is 0 Å². The zero-order valence-corrected chi connectivity index (χ0v) is 10.5. The molecule has 1 aliphatic rings. The number of nitrogens with one attached hydrogen (secondary N) is 1. The van der Waals surface area contributed by atoms with E-state index in [1.165, 1.54) is 50.0 Å². The minimum absolute atomic E-state index is 0.770. The molecule has 0 heterocycles. The van der Waals surface area contributed by atoms with Gasteiger partial charge in [0.05, 0.1) is 0 Å². The predicted octanol–water partition coefficient (Wildman–Crippen LogP) is 3.30. The maximum Gasteiger partial charge on any atom is 0.0183 e. The number of rotatable bonds is 6. The van der Waals surface area contributed by atoms with E-state index in [9.17, 15) is 0 Å². The quantitative estimate of drug-likeness (QED) is 0.682. The fourth-order valence-corrected chi connectivity index (χ4v) is 3.49. The fourth-order valence-electron chi connectivity index (χ4n) is 2.35. The van der Waals surface area contributed by atoms with E-state index < -0.39 is 0 Å². The summed E-state index contributed by atoms with van der Waals surface area (Å²) in [6.07, 6.45) is 8.61. The van der Waals surface area contributed by atoms with E-state index in [0.29, 0.717) is 0 Å². The van der Waals surface area contributed by atoms with Crippen molar-refractivity contribution in [3.63, 3.8) is 0 Å². The molecule has 1 nitrogen and oxygen atoms in total. The average Bonchev–Trinajstić information content (AvgIpc) is 2.26. The minimum Gasteiger partial charge on any atom is -0.316 e. The fraction of sp³-hybridized carbons (Fsp3) is 1.00. The molecule has 1 N–H and O–H groups in total. The molecule has 14 heavy (non-hydrogen) atoms. The molecule has 0 radical (unpaired) electrons. The van der Waals surface area contributed by atoms with Gasteiger partial charge in [0.25, 0.3) is 0 Å². The second-order valence-corrected chi connectivity index (χ2v) is 5.52. The smallest absolute Gasteiger partial charge is 0.0183 e. The van der Waals surface area contributed by atoms with Crippen LogP contribution in [0.25, 0.3) is 0 Å². The van der Waals surface area contributed by atoms with Crippen molar-refractivity contribution in [3.8, 4) is 0 Å². The second-order valence-electron chi connectivity index (χ2n) is 4.37. The average molecular weight is 215 g/mol. The zero-order chi connectivity index (χ0) is 10.2. The van der Waals surface area contributed by atoms with Crippen molar-refractivity contribution < 1.29 is 0 Å². The lowest BCUT2D eigenvalue weighted by Crippen LogP contribution is -2.37. The Morgan fingerprint density at radius 1 is 1.29 bits per heavy atom. The molecule has 84 valence electrons. The Bertz CT molecular complexity index is 132. The largest absolute Gasteiger partial charge is 0.316 e. The number of hydrogen-bond donors (Lipinski definition) is 1. The van der Waals surface area contributed by atoms with Crippen LogP contribution in [0.1, 0.15) is 45.4 Å². The van der Waals surface area contributed by atoms with Gasteiger partial charge in [0, 0.05) is 11.8 Å². The van der Waals surface area contributed by atoms with Crippen molar-refractivity contribution in [3.05, 3.63) is 0 Å². The zero-order valence-electron chi connectivity index (χ0n) is 9.72. The molecule has 0 aromatic carbocycles.